The average Bonchev–Trinajstić information content (AvgIpc) is 2.95. The highest BCUT2D eigenvalue weighted by Crippen LogP contribution is 2.21. The number of hydrogen-bond donors (Lipinski definition) is 2. The van der Waals surface area contributed by atoms with E-state index in [0.29, 0.717) is 18.1 Å². The van der Waals surface area contributed by atoms with E-state index in [0.717, 1.165) is 63.2 Å². The van der Waals surface area contributed by atoms with E-state index < -0.39 is 20.0 Å². The Bertz CT molecular complexity index is 1390. The summed E-state index contributed by atoms with van der Waals surface area (Å²) in [5.74, 6) is 0. The Labute approximate surface area is 237 Å². The molecule has 11 heteroatoms. The van der Waals surface area contributed by atoms with Gasteiger partial charge in [-0.05, 0) is 73.5 Å². The third-order valence-electron chi connectivity index (χ3n) is 6.75. The lowest BCUT2D eigenvalue weighted by molar-refractivity contribution is 0.131. The Hall–Kier alpha value is -2.31. The number of rotatable bonds is 13. The van der Waals surface area contributed by atoms with Crippen LogP contribution in [0.1, 0.15) is 12.8 Å². The van der Waals surface area contributed by atoms with Gasteiger partial charge in [0.1, 0.15) is 0 Å². The van der Waals surface area contributed by atoms with Crippen LogP contribution in [0.4, 0.5) is 0 Å². The molecule has 210 valence electrons. The zero-order valence-electron chi connectivity index (χ0n) is 21.8. The average molecular weight is 591 g/mol. The lowest BCUT2D eigenvalue weighted by Crippen LogP contribution is -2.47. The highest BCUT2D eigenvalue weighted by atomic mass is 35.5. The summed E-state index contributed by atoms with van der Waals surface area (Å²) in [5.41, 5.74) is 2.03. The van der Waals surface area contributed by atoms with Crippen LogP contribution in [-0.4, -0.2) is 79.0 Å². The van der Waals surface area contributed by atoms with Crippen molar-refractivity contribution in [1.82, 2.24) is 19.2 Å². The summed E-state index contributed by atoms with van der Waals surface area (Å²) in [4.78, 5) is 5.15. The normalized spacial score (nSPS) is 15.4. The topological polar surface area (TPSA) is 98.8 Å². The maximum Gasteiger partial charge on any atom is 0.240 e. The van der Waals surface area contributed by atoms with Crippen molar-refractivity contribution in [3.8, 4) is 11.1 Å². The molecular formula is C28H35ClN4O4S2. The summed E-state index contributed by atoms with van der Waals surface area (Å²) < 4.78 is 55.4. The van der Waals surface area contributed by atoms with Crippen molar-refractivity contribution >= 4 is 31.6 Å². The van der Waals surface area contributed by atoms with Crippen LogP contribution in [0.2, 0.25) is 5.02 Å². The SMILES string of the molecule is O=S(=O)(NCCCN1CCN(CCCNS(=O)(=O)c2ccc(-c3ccccc3)cc2)CC1)c1ccc(Cl)cc1. The fourth-order valence-electron chi connectivity index (χ4n) is 4.49. The number of nitrogens with zero attached hydrogens (tertiary/aromatic N) is 2. The Morgan fingerprint density at radius 1 is 0.590 bits per heavy atom. The van der Waals surface area contributed by atoms with E-state index >= 15 is 0 Å². The molecule has 2 N–H and O–H groups in total. The molecule has 1 saturated heterocycles. The van der Waals surface area contributed by atoms with E-state index in [2.05, 4.69) is 19.2 Å². The molecule has 1 aliphatic rings. The van der Waals surface area contributed by atoms with Gasteiger partial charge in [0.15, 0.2) is 0 Å². The van der Waals surface area contributed by atoms with Gasteiger partial charge in [-0.15, -0.1) is 0 Å². The van der Waals surface area contributed by atoms with Crippen molar-refractivity contribution in [3.05, 3.63) is 83.9 Å². The van der Waals surface area contributed by atoms with Crippen LogP contribution in [-0.2, 0) is 20.0 Å². The van der Waals surface area contributed by atoms with Crippen LogP contribution in [0, 0.1) is 0 Å². The van der Waals surface area contributed by atoms with Crippen molar-refractivity contribution in [1.29, 1.82) is 0 Å². The first kappa shape index (κ1) is 29.7. The molecule has 0 amide bonds. The second-order valence-electron chi connectivity index (χ2n) is 9.53. The van der Waals surface area contributed by atoms with Gasteiger partial charge in [0.05, 0.1) is 9.79 Å². The maximum absolute atomic E-state index is 12.7. The number of benzene rings is 3. The Kier molecular flexibility index (Phi) is 10.5. The molecule has 0 radical (unpaired) electrons. The van der Waals surface area contributed by atoms with Gasteiger partial charge in [-0.25, -0.2) is 26.3 Å². The monoisotopic (exact) mass is 590 g/mol. The molecule has 39 heavy (non-hydrogen) atoms. The van der Waals surface area contributed by atoms with Crippen LogP contribution >= 0.6 is 11.6 Å². The molecule has 3 aromatic rings. The van der Waals surface area contributed by atoms with E-state index in [4.69, 9.17) is 11.6 Å². The number of hydrogen-bond acceptors (Lipinski definition) is 6. The van der Waals surface area contributed by atoms with E-state index in [-0.39, 0.29) is 9.79 Å². The van der Waals surface area contributed by atoms with Crippen LogP contribution in [0.3, 0.4) is 0 Å². The second-order valence-corrected chi connectivity index (χ2v) is 13.5. The van der Waals surface area contributed by atoms with Crippen molar-refractivity contribution in [2.24, 2.45) is 0 Å². The van der Waals surface area contributed by atoms with E-state index in [1.807, 2.05) is 42.5 Å². The second kappa shape index (κ2) is 13.8. The maximum atomic E-state index is 12.7. The minimum Gasteiger partial charge on any atom is -0.301 e. The predicted octanol–water partition coefficient (Wildman–Crippen LogP) is 3.66. The third-order valence-corrected chi connectivity index (χ3v) is 9.95. The number of nitrogens with one attached hydrogen (secondary N) is 2. The van der Waals surface area contributed by atoms with E-state index in [9.17, 15) is 16.8 Å². The first-order valence-electron chi connectivity index (χ1n) is 13.1. The summed E-state index contributed by atoms with van der Waals surface area (Å²) in [5, 5.41) is 0.499. The van der Waals surface area contributed by atoms with Crippen molar-refractivity contribution < 1.29 is 16.8 Å². The molecule has 0 unspecified atom stereocenters. The van der Waals surface area contributed by atoms with Gasteiger partial charge >= 0.3 is 0 Å². The molecule has 0 aliphatic carbocycles. The van der Waals surface area contributed by atoms with Crippen molar-refractivity contribution in [3.63, 3.8) is 0 Å². The fraction of sp³-hybridized carbons (Fsp3) is 0.357. The van der Waals surface area contributed by atoms with Crippen LogP contribution in [0.15, 0.2) is 88.7 Å². The number of piperazine rings is 1. The molecule has 3 aromatic carbocycles. The molecule has 0 aromatic heterocycles. The van der Waals surface area contributed by atoms with Gasteiger partial charge in [-0.2, -0.15) is 0 Å². The molecule has 0 bridgehead atoms. The molecular weight excluding hydrogens is 556 g/mol. The van der Waals surface area contributed by atoms with Gasteiger partial charge in [0, 0.05) is 44.3 Å². The minimum atomic E-state index is -3.55. The first-order valence-corrected chi connectivity index (χ1v) is 16.4. The zero-order chi connectivity index (χ0) is 27.7. The van der Waals surface area contributed by atoms with Crippen molar-refractivity contribution in [2.75, 3.05) is 52.4 Å². The standard InChI is InChI=1S/C28H35ClN4O4S2/c29-26-10-14-28(15-11-26)39(36,37)31-17-5-19-33-22-20-32(21-23-33)18-4-16-30-38(34,35)27-12-8-25(9-13-27)24-6-2-1-3-7-24/h1-3,6-15,30-31H,4-5,16-23H2. The summed E-state index contributed by atoms with van der Waals surface area (Å²) in [6.45, 7) is 6.03. The quantitative estimate of drug-likeness (QED) is 0.295. The lowest BCUT2D eigenvalue weighted by atomic mass is 10.1. The summed E-state index contributed by atoms with van der Waals surface area (Å²) >= 11 is 5.83. The van der Waals surface area contributed by atoms with Crippen molar-refractivity contribution in [2.45, 2.75) is 22.6 Å². The number of halogens is 1. The van der Waals surface area contributed by atoms with Crippen LogP contribution < -0.4 is 9.44 Å². The highest BCUT2D eigenvalue weighted by molar-refractivity contribution is 7.89. The summed E-state index contributed by atoms with van der Waals surface area (Å²) in [6, 6.07) is 22.9. The molecule has 1 aliphatic heterocycles. The fourth-order valence-corrected chi connectivity index (χ4v) is 6.77. The number of sulfonamides is 2. The highest BCUT2D eigenvalue weighted by Gasteiger charge is 2.18. The molecule has 0 saturated carbocycles. The largest absolute Gasteiger partial charge is 0.301 e. The first-order chi connectivity index (χ1) is 18.7. The van der Waals surface area contributed by atoms with Crippen LogP contribution in [0.5, 0.6) is 0 Å². The van der Waals surface area contributed by atoms with Gasteiger partial charge in [-0.1, -0.05) is 54.1 Å². The van der Waals surface area contributed by atoms with Crippen LogP contribution in [0.25, 0.3) is 11.1 Å². The van der Waals surface area contributed by atoms with Gasteiger partial charge in [0.25, 0.3) is 0 Å². The molecule has 1 fully saturated rings. The molecule has 0 spiro atoms. The molecule has 8 nitrogen and oxygen atoms in total. The Morgan fingerprint density at radius 3 is 1.46 bits per heavy atom. The minimum absolute atomic E-state index is 0.212. The zero-order valence-corrected chi connectivity index (χ0v) is 24.2. The van der Waals surface area contributed by atoms with E-state index in [1.165, 1.54) is 12.1 Å². The lowest BCUT2D eigenvalue weighted by Gasteiger charge is -2.34. The summed E-state index contributed by atoms with van der Waals surface area (Å²) in [6.07, 6.45) is 1.45. The molecule has 1 heterocycles. The van der Waals surface area contributed by atoms with E-state index in [1.54, 1.807) is 24.3 Å². The third kappa shape index (κ3) is 8.84. The van der Waals surface area contributed by atoms with Gasteiger partial charge < -0.3 is 9.80 Å². The molecule has 4 rings (SSSR count). The van der Waals surface area contributed by atoms with Gasteiger partial charge in [-0.3, -0.25) is 0 Å². The molecule has 0 atom stereocenters. The summed E-state index contributed by atoms with van der Waals surface area (Å²) in [7, 11) is -7.07. The Morgan fingerprint density at radius 2 is 1.00 bits per heavy atom. The van der Waals surface area contributed by atoms with Gasteiger partial charge in [0.2, 0.25) is 20.0 Å². The predicted molar refractivity (Wildman–Crippen MR) is 156 cm³/mol. The Balaban J connectivity index is 1.10. The smallest absolute Gasteiger partial charge is 0.240 e.